The number of thiazole rings is 2. The van der Waals surface area contributed by atoms with Crippen LogP contribution in [0.15, 0.2) is 98.8 Å². The Morgan fingerprint density at radius 3 is 1.49 bits per heavy atom. The summed E-state index contributed by atoms with van der Waals surface area (Å²) in [6.45, 7) is 17.7. The lowest BCUT2D eigenvalue weighted by Gasteiger charge is -2.23. The lowest BCUT2D eigenvalue weighted by molar-refractivity contribution is -0.117. The van der Waals surface area contributed by atoms with Crippen molar-refractivity contribution in [2.24, 2.45) is 0 Å². The van der Waals surface area contributed by atoms with E-state index in [1.807, 2.05) is 50.4 Å². The van der Waals surface area contributed by atoms with Gasteiger partial charge in [-0.25, -0.2) is 36.2 Å². The molecule has 2 saturated heterocycles. The second-order valence-electron chi connectivity index (χ2n) is 18.8. The van der Waals surface area contributed by atoms with Crippen LogP contribution in [0.25, 0.3) is 31.6 Å². The van der Waals surface area contributed by atoms with Gasteiger partial charge in [0.1, 0.15) is 10.0 Å². The number of nitrogens with one attached hydrogen (secondary N) is 2. The highest BCUT2D eigenvalue weighted by Gasteiger charge is 2.30. The number of aryl methyl sites for hydroxylation is 3. The van der Waals surface area contributed by atoms with Crippen molar-refractivity contribution in [2.75, 3.05) is 34.4 Å². The minimum Gasteiger partial charge on any atom is -0.399 e. The first-order valence-electron chi connectivity index (χ1n) is 22.0. The van der Waals surface area contributed by atoms with Gasteiger partial charge in [0.05, 0.1) is 24.7 Å². The highest BCUT2D eigenvalue weighted by atomic mass is 79.9. The summed E-state index contributed by atoms with van der Waals surface area (Å²) in [5.41, 5.74) is 18.6. The van der Waals surface area contributed by atoms with Crippen LogP contribution in [0.4, 0.5) is 22.7 Å². The molecule has 0 unspecified atom stereocenters. The molecule has 6 aromatic rings. The molecule has 0 atom stereocenters. The molecule has 2 fully saturated rings. The lowest BCUT2D eigenvalue weighted by Crippen LogP contribution is -2.40. The molecule has 6 N–H and O–H groups in total. The molecule has 0 saturated carbocycles. The lowest BCUT2D eigenvalue weighted by atomic mass is 10.1. The standard InChI is InChI=1S/C24H28N4O3S2.C15H22N2O3S.C10H9BrN2S.CH4/c1-15-12-16(7-10-19(15)25)23-26-14-20(32-23)18-9-8-17(28-11-5-6-22(28)29)13-21(18)33(30,31)27-24(2,3)4;1-11-7-8-12(17-9-5-6-14(17)18)10-13(11)21(19,20)16-15(2,3)4;1-6-4-7(2-3-8(6)12)10-13-5-9(11)14-10;/h7-10,12-14,27H,5-6,11,25H2,1-4H3;7-8,10,16H,5-6,9H2,1-4H3;2-5H,12H2,1H3;1H4. The third-order valence-corrected chi connectivity index (χ3v) is 17.0. The number of aromatic nitrogens is 2. The molecule has 4 aromatic carbocycles. The molecule has 4 heterocycles. The SMILES string of the molecule is C.Cc1cc(-c2ncc(-c3ccc(N4CCCC4=O)cc3S(=O)(=O)NC(C)(C)C)s2)ccc1N.Cc1cc(-c2ncc(Br)s2)ccc1N.Cc1ccc(N2CCCC2=O)cc1S(=O)(=O)NC(C)(C)C. The summed E-state index contributed by atoms with van der Waals surface area (Å²) in [5, 5.41) is 1.79. The normalized spacial score (nSPS) is 14.2. The van der Waals surface area contributed by atoms with Crippen LogP contribution >= 0.6 is 38.6 Å². The number of nitrogens with zero attached hydrogens (tertiary/aromatic N) is 4. The predicted octanol–water partition coefficient (Wildman–Crippen LogP) is 10.9. The molecule has 370 valence electrons. The minimum atomic E-state index is -3.86. The smallest absolute Gasteiger partial charge is 0.241 e. The molecule has 0 aliphatic carbocycles. The Balaban J connectivity index is 0.000000211. The number of anilines is 4. The maximum atomic E-state index is 13.4. The number of benzene rings is 4. The van der Waals surface area contributed by atoms with E-state index in [1.165, 1.54) is 11.3 Å². The van der Waals surface area contributed by atoms with Crippen LogP contribution in [0.5, 0.6) is 0 Å². The zero-order chi connectivity index (χ0) is 49.9. The van der Waals surface area contributed by atoms with Gasteiger partial charge in [-0.2, -0.15) is 0 Å². The molecule has 8 rings (SSSR count). The third kappa shape index (κ3) is 14.1. The quantitative estimate of drug-likeness (QED) is 0.101. The number of carbonyl (C=O) groups excluding carboxylic acids is 2. The minimum absolute atomic E-state index is 0. The third-order valence-electron chi connectivity index (χ3n) is 10.6. The van der Waals surface area contributed by atoms with Crippen molar-refractivity contribution in [1.82, 2.24) is 19.4 Å². The number of hydrogen-bond acceptors (Lipinski definition) is 12. The molecule has 2 aliphatic rings. The van der Waals surface area contributed by atoms with Crippen LogP contribution < -0.4 is 30.7 Å². The van der Waals surface area contributed by atoms with Crippen LogP contribution in [0.1, 0.15) is 91.3 Å². The molecule has 0 spiro atoms. The summed E-state index contributed by atoms with van der Waals surface area (Å²) >= 11 is 6.43. The van der Waals surface area contributed by atoms with Gasteiger partial charge in [-0.3, -0.25) is 9.59 Å². The predicted molar refractivity (Wildman–Crippen MR) is 288 cm³/mol. The molecule has 2 amide bonds. The van der Waals surface area contributed by atoms with E-state index in [0.29, 0.717) is 54.1 Å². The Bertz CT molecular complexity index is 3070. The Labute approximate surface area is 424 Å². The van der Waals surface area contributed by atoms with E-state index in [0.717, 1.165) is 59.5 Å². The number of hydrogen-bond donors (Lipinski definition) is 4. The van der Waals surface area contributed by atoms with Gasteiger partial charge in [-0.05, 0) is 168 Å². The van der Waals surface area contributed by atoms with E-state index >= 15 is 0 Å². The monoisotopic (exact) mass is 1080 g/mol. The number of nitrogens with two attached hydrogens (primary N) is 2. The van der Waals surface area contributed by atoms with Crippen molar-refractivity contribution < 1.29 is 26.4 Å². The van der Waals surface area contributed by atoms with Crippen molar-refractivity contribution in [3.63, 3.8) is 0 Å². The van der Waals surface area contributed by atoms with E-state index in [1.54, 1.807) is 112 Å². The van der Waals surface area contributed by atoms with E-state index in [4.69, 9.17) is 11.5 Å². The average Bonchev–Trinajstić information content (AvgIpc) is 4.08. The van der Waals surface area contributed by atoms with Crippen molar-refractivity contribution in [2.45, 2.75) is 116 Å². The highest BCUT2D eigenvalue weighted by Crippen LogP contribution is 2.39. The van der Waals surface area contributed by atoms with Crippen molar-refractivity contribution in [3.05, 3.63) is 106 Å². The summed E-state index contributed by atoms with van der Waals surface area (Å²) in [6, 6.07) is 22.0. The zero-order valence-electron chi connectivity index (χ0n) is 39.7. The number of nitrogen functional groups attached to an aromatic ring is 2. The Kier molecular flexibility index (Phi) is 17.5. The molecule has 2 aromatic heterocycles. The van der Waals surface area contributed by atoms with Crippen LogP contribution in [0, 0.1) is 20.8 Å². The summed E-state index contributed by atoms with van der Waals surface area (Å²) in [5.74, 6) is 0.0552. The molecule has 0 radical (unpaired) electrons. The molecule has 19 heteroatoms. The summed E-state index contributed by atoms with van der Waals surface area (Å²) < 4.78 is 58.3. The summed E-state index contributed by atoms with van der Waals surface area (Å²) in [7, 11) is -7.47. The second kappa shape index (κ2) is 22.0. The first kappa shape index (κ1) is 54.9. The second-order valence-corrected chi connectivity index (χ2v) is 25.5. The number of sulfonamides is 2. The first-order valence-corrected chi connectivity index (χ1v) is 27.3. The van der Waals surface area contributed by atoms with Crippen LogP contribution in [-0.2, 0) is 29.6 Å². The fourth-order valence-corrected chi connectivity index (χ4v) is 13.0. The van der Waals surface area contributed by atoms with E-state index in [-0.39, 0.29) is 29.0 Å². The summed E-state index contributed by atoms with van der Waals surface area (Å²) in [6.07, 6.45) is 6.08. The van der Waals surface area contributed by atoms with Gasteiger partial charge < -0.3 is 21.3 Å². The van der Waals surface area contributed by atoms with Gasteiger partial charge in [0.2, 0.25) is 31.9 Å². The van der Waals surface area contributed by atoms with Crippen molar-refractivity contribution in [3.8, 4) is 31.6 Å². The van der Waals surface area contributed by atoms with Crippen LogP contribution in [0.2, 0.25) is 0 Å². The zero-order valence-corrected chi connectivity index (χ0v) is 44.6. The molecule has 14 nitrogen and oxygen atoms in total. The van der Waals surface area contributed by atoms with Gasteiger partial charge in [-0.15, -0.1) is 22.7 Å². The maximum Gasteiger partial charge on any atom is 0.241 e. The van der Waals surface area contributed by atoms with E-state index < -0.39 is 31.1 Å². The fourth-order valence-electron chi connectivity index (χ4n) is 7.45. The Morgan fingerprint density at radius 2 is 1.06 bits per heavy atom. The molecular formula is C50H63BrN8O6S4. The van der Waals surface area contributed by atoms with Gasteiger partial charge in [0, 0.05) is 82.6 Å². The first-order chi connectivity index (χ1) is 31.7. The average molecular weight is 1080 g/mol. The van der Waals surface area contributed by atoms with Gasteiger partial charge in [0.25, 0.3) is 0 Å². The number of rotatable bonds is 9. The largest absolute Gasteiger partial charge is 0.399 e. The van der Waals surface area contributed by atoms with Crippen molar-refractivity contribution in [1.29, 1.82) is 0 Å². The highest BCUT2D eigenvalue weighted by molar-refractivity contribution is 9.11. The van der Waals surface area contributed by atoms with E-state index in [9.17, 15) is 26.4 Å². The van der Waals surface area contributed by atoms with Gasteiger partial charge >= 0.3 is 0 Å². The van der Waals surface area contributed by atoms with Gasteiger partial charge in [-0.1, -0.05) is 19.6 Å². The number of halogens is 1. The van der Waals surface area contributed by atoms with Crippen LogP contribution in [0.3, 0.4) is 0 Å². The number of amides is 2. The fraction of sp³-hybridized carbons (Fsp3) is 0.360. The number of carbonyl (C=O) groups is 2. The summed E-state index contributed by atoms with van der Waals surface area (Å²) in [4.78, 5) is 37.3. The topological polar surface area (TPSA) is 211 Å². The van der Waals surface area contributed by atoms with Crippen LogP contribution in [-0.4, -0.2) is 62.8 Å². The Morgan fingerprint density at radius 1 is 0.609 bits per heavy atom. The molecule has 69 heavy (non-hydrogen) atoms. The van der Waals surface area contributed by atoms with Crippen molar-refractivity contribution >= 4 is 93.2 Å². The molecular weight excluding hydrogens is 1020 g/mol. The Hall–Kier alpha value is -5.02. The van der Waals surface area contributed by atoms with E-state index in [2.05, 4.69) is 41.4 Å². The maximum absolute atomic E-state index is 13.4. The molecule has 2 aliphatic heterocycles. The van der Waals surface area contributed by atoms with Gasteiger partial charge in [0.15, 0.2) is 0 Å². The molecule has 0 bridgehead atoms.